The zero-order valence-electron chi connectivity index (χ0n) is 26.3. The van der Waals surface area contributed by atoms with Gasteiger partial charge in [-0.2, -0.15) is 0 Å². The molecule has 0 fully saturated rings. The van der Waals surface area contributed by atoms with E-state index in [-0.39, 0.29) is 18.9 Å². The van der Waals surface area contributed by atoms with Crippen LogP contribution in [0.15, 0.2) is 97.2 Å². The Labute approximate surface area is 279 Å². The van der Waals surface area contributed by atoms with Crippen molar-refractivity contribution >= 4 is 35.6 Å². The molecule has 0 unspecified atom stereocenters. The second kappa shape index (κ2) is 15.8. The highest BCUT2D eigenvalue weighted by Gasteiger charge is 2.14. The molecule has 4 aromatic carbocycles. The molecule has 1 aromatic heterocycles. The highest BCUT2D eigenvalue weighted by Crippen LogP contribution is 2.29. The molecular weight excluding hydrogens is 614 g/mol. The molecule has 0 bridgehead atoms. The number of carbonyl (C=O) groups is 2. The Morgan fingerprint density at radius 2 is 1.60 bits per heavy atom. The number of rotatable bonds is 14. The Hall–Kier alpha value is -5.34. The SMILES string of the molecule is COc1ccc(CNC(=O)Cn2cc(-c3ccc(C)cc3Cl)nc2/C=C/c2ccc(-c3ccc(OCCCC(=O)O)cc3)cc2)cc1. The molecule has 1 heterocycles. The Balaban J connectivity index is 1.28. The van der Waals surface area contributed by atoms with Gasteiger partial charge in [-0.25, -0.2) is 4.98 Å². The molecule has 0 radical (unpaired) electrons. The van der Waals surface area contributed by atoms with Gasteiger partial charge in [0.1, 0.15) is 23.9 Å². The van der Waals surface area contributed by atoms with E-state index in [1.165, 1.54) is 0 Å². The van der Waals surface area contributed by atoms with Gasteiger partial charge in [-0.1, -0.05) is 78.3 Å². The maximum Gasteiger partial charge on any atom is 0.303 e. The maximum atomic E-state index is 13.0. The summed E-state index contributed by atoms with van der Waals surface area (Å²) >= 11 is 6.57. The molecule has 1 amide bonds. The molecule has 5 aromatic rings. The van der Waals surface area contributed by atoms with Gasteiger partial charge in [0.15, 0.2) is 0 Å². The van der Waals surface area contributed by atoms with Crippen LogP contribution in [0.5, 0.6) is 11.5 Å². The van der Waals surface area contributed by atoms with E-state index in [0.717, 1.165) is 39.1 Å². The van der Waals surface area contributed by atoms with Crippen LogP contribution in [0.3, 0.4) is 0 Å². The smallest absolute Gasteiger partial charge is 0.303 e. The van der Waals surface area contributed by atoms with Crippen molar-refractivity contribution in [2.75, 3.05) is 13.7 Å². The van der Waals surface area contributed by atoms with Crippen molar-refractivity contribution in [3.05, 3.63) is 125 Å². The third kappa shape index (κ3) is 9.34. The van der Waals surface area contributed by atoms with Crippen LogP contribution in [0, 0.1) is 6.92 Å². The molecule has 9 heteroatoms. The number of methoxy groups -OCH3 is 1. The standard InChI is InChI=1S/C38H36ClN3O5/c1-26-5-19-33(34(39)22-26)35-24-42(25-37(43)40-23-28-8-15-31(46-2)16-9-28)36(41-35)20-10-27-6-11-29(12-7-27)30-13-17-32(18-14-30)47-21-3-4-38(44)45/h5-20,22,24H,3-4,21,23,25H2,1-2H3,(H,40,43)(H,44,45)/b20-10+. The van der Waals surface area contributed by atoms with Crippen molar-refractivity contribution in [1.82, 2.24) is 14.9 Å². The number of carboxylic acid groups (broad SMARTS) is 1. The summed E-state index contributed by atoms with van der Waals surface area (Å²) in [5, 5.41) is 12.4. The molecular formula is C38H36ClN3O5. The summed E-state index contributed by atoms with van der Waals surface area (Å²) in [5.74, 6) is 1.12. The molecule has 0 aliphatic carbocycles. The molecule has 0 aliphatic rings. The number of imidazole rings is 1. The minimum Gasteiger partial charge on any atom is -0.497 e. The highest BCUT2D eigenvalue weighted by atomic mass is 35.5. The molecule has 47 heavy (non-hydrogen) atoms. The number of nitrogens with one attached hydrogen (secondary N) is 1. The Kier molecular flexibility index (Phi) is 11.1. The number of nitrogens with zero attached hydrogens (tertiary/aromatic N) is 2. The first kappa shape index (κ1) is 33.0. The van der Waals surface area contributed by atoms with E-state index in [0.29, 0.717) is 41.9 Å². The van der Waals surface area contributed by atoms with Crippen molar-refractivity contribution in [2.45, 2.75) is 32.9 Å². The number of ether oxygens (including phenoxy) is 2. The number of aryl methyl sites for hydroxylation is 1. The maximum absolute atomic E-state index is 13.0. The van der Waals surface area contributed by atoms with E-state index >= 15 is 0 Å². The average Bonchev–Trinajstić information content (AvgIpc) is 3.47. The molecule has 2 N–H and O–H groups in total. The quantitative estimate of drug-likeness (QED) is 0.119. The number of benzene rings is 4. The molecule has 0 saturated carbocycles. The van der Waals surface area contributed by atoms with E-state index in [4.69, 9.17) is 31.2 Å². The lowest BCUT2D eigenvalue weighted by Gasteiger charge is -2.08. The van der Waals surface area contributed by atoms with Crippen molar-refractivity contribution in [1.29, 1.82) is 0 Å². The van der Waals surface area contributed by atoms with Crippen molar-refractivity contribution in [2.24, 2.45) is 0 Å². The minimum atomic E-state index is -0.826. The highest BCUT2D eigenvalue weighted by molar-refractivity contribution is 6.33. The zero-order valence-corrected chi connectivity index (χ0v) is 27.0. The fourth-order valence-corrected chi connectivity index (χ4v) is 5.25. The summed E-state index contributed by atoms with van der Waals surface area (Å²) < 4.78 is 12.7. The average molecular weight is 650 g/mol. The molecule has 0 aliphatic heterocycles. The fourth-order valence-electron chi connectivity index (χ4n) is 4.92. The van der Waals surface area contributed by atoms with Crippen LogP contribution < -0.4 is 14.8 Å². The van der Waals surface area contributed by atoms with Gasteiger partial charge in [0.25, 0.3) is 0 Å². The number of hydrogen-bond donors (Lipinski definition) is 2. The summed E-state index contributed by atoms with van der Waals surface area (Å²) in [6.45, 7) is 2.83. The van der Waals surface area contributed by atoms with Gasteiger partial charge in [-0.3, -0.25) is 9.59 Å². The van der Waals surface area contributed by atoms with Gasteiger partial charge in [-0.15, -0.1) is 0 Å². The first-order valence-electron chi connectivity index (χ1n) is 15.2. The van der Waals surface area contributed by atoms with Crippen molar-refractivity contribution in [3.8, 4) is 33.9 Å². The van der Waals surface area contributed by atoms with Gasteiger partial charge in [-0.05, 0) is 77.6 Å². The van der Waals surface area contributed by atoms with E-state index < -0.39 is 5.97 Å². The van der Waals surface area contributed by atoms with Gasteiger partial charge in [0.2, 0.25) is 5.91 Å². The van der Waals surface area contributed by atoms with E-state index in [9.17, 15) is 9.59 Å². The van der Waals surface area contributed by atoms with Gasteiger partial charge in [0.05, 0.1) is 24.4 Å². The number of aromatic nitrogens is 2. The lowest BCUT2D eigenvalue weighted by molar-refractivity contribution is -0.137. The van der Waals surface area contributed by atoms with Crippen LogP contribution in [0.1, 0.15) is 35.4 Å². The molecule has 240 valence electrons. The largest absolute Gasteiger partial charge is 0.497 e. The zero-order chi connectivity index (χ0) is 33.2. The summed E-state index contributed by atoms with van der Waals surface area (Å²) in [4.78, 5) is 28.5. The monoisotopic (exact) mass is 649 g/mol. The number of halogens is 1. The van der Waals surface area contributed by atoms with Crippen LogP contribution in [0.4, 0.5) is 0 Å². The first-order valence-corrected chi connectivity index (χ1v) is 15.6. The molecule has 0 saturated heterocycles. The number of hydrogen-bond acceptors (Lipinski definition) is 5. The lowest BCUT2D eigenvalue weighted by atomic mass is 10.0. The predicted molar refractivity (Wildman–Crippen MR) is 185 cm³/mol. The van der Waals surface area contributed by atoms with Gasteiger partial charge >= 0.3 is 5.97 Å². The van der Waals surface area contributed by atoms with Crippen molar-refractivity contribution < 1.29 is 24.2 Å². The van der Waals surface area contributed by atoms with Gasteiger partial charge < -0.3 is 24.5 Å². The summed E-state index contributed by atoms with van der Waals surface area (Å²) in [6.07, 6.45) is 6.26. The Morgan fingerprint density at radius 3 is 2.26 bits per heavy atom. The van der Waals surface area contributed by atoms with Crippen LogP contribution in [-0.2, 0) is 22.7 Å². The van der Waals surface area contributed by atoms with Crippen LogP contribution in [-0.4, -0.2) is 40.3 Å². The van der Waals surface area contributed by atoms with Gasteiger partial charge in [0, 0.05) is 24.7 Å². The predicted octanol–water partition coefficient (Wildman–Crippen LogP) is 7.92. The Morgan fingerprint density at radius 1 is 0.915 bits per heavy atom. The minimum absolute atomic E-state index is 0.0870. The Bertz CT molecular complexity index is 1850. The molecule has 0 atom stereocenters. The molecule has 8 nitrogen and oxygen atoms in total. The number of amides is 1. The normalized spacial score (nSPS) is 11.0. The molecule has 5 rings (SSSR count). The topological polar surface area (TPSA) is 103 Å². The van der Waals surface area contributed by atoms with Crippen molar-refractivity contribution in [3.63, 3.8) is 0 Å². The second-order valence-electron chi connectivity index (χ2n) is 11.0. The third-order valence-electron chi connectivity index (χ3n) is 7.50. The van der Waals surface area contributed by atoms with Crippen LogP contribution in [0.2, 0.25) is 5.02 Å². The summed E-state index contributed by atoms with van der Waals surface area (Å²) in [6, 6.07) is 29.3. The summed E-state index contributed by atoms with van der Waals surface area (Å²) in [7, 11) is 1.62. The number of carbonyl (C=O) groups excluding carboxylic acids is 1. The third-order valence-corrected chi connectivity index (χ3v) is 7.81. The fraction of sp³-hybridized carbons (Fsp3) is 0.184. The van der Waals surface area contributed by atoms with E-state index in [2.05, 4.69) is 5.32 Å². The van der Waals surface area contributed by atoms with Crippen LogP contribution >= 0.6 is 11.6 Å². The first-order chi connectivity index (χ1) is 22.8. The second-order valence-corrected chi connectivity index (χ2v) is 11.5. The number of aliphatic carboxylic acids is 1. The summed E-state index contributed by atoms with van der Waals surface area (Å²) in [5.41, 5.74) is 6.56. The van der Waals surface area contributed by atoms with E-state index in [1.807, 2.05) is 121 Å². The molecule has 0 spiro atoms. The lowest BCUT2D eigenvalue weighted by Crippen LogP contribution is -2.27. The van der Waals surface area contributed by atoms with Crippen LogP contribution in [0.25, 0.3) is 34.5 Å². The van der Waals surface area contributed by atoms with E-state index in [1.54, 1.807) is 7.11 Å². The number of carboxylic acids is 1.